The van der Waals surface area contributed by atoms with Crippen molar-refractivity contribution in [2.75, 3.05) is 5.32 Å². The first kappa shape index (κ1) is 19.9. The van der Waals surface area contributed by atoms with Gasteiger partial charge < -0.3 is 14.3 Å². The van der Waals surface area contributed by atoms with E-state index in [0.717, 1.165) is 5.56 Å². The molecule has 0 bridgehead atoms. The van der Waals surface area contributed by atoms with Crippen LogP contribution in [0.25, 0.3) is 22.8 Å². The second-order valence-electron chi connectivity index (χ2n) is 6.25. The number of anilines is 1. The van der Waals surface area contributed by atoms with E-state index in [2.05, 4.69) is 20.8 Å². The highest BCUT2D eigenvalue weighted by Gasteiger charge is 2.16. The van der Waals surface area contributed by atoms with Crippen LogP contribution in [0, 0.1) is 0 Å². The maximum atomic E-state index is 12.5. The van der Waals surface area contributed by atoms with Crippen LogP contribution in [0.1, 0.15) is 23.2 Å². The molecule has 0 saturated carbocycles. The highest BCUT2D eigenvalue weighted by molar-refractivity contribution is 7.14. The third kappa shape index (κ3) is 4.58. The summed E-state index contributed by atoms with van der Waals surface area (Å²) in [6.07, 6.45) is 0. The van der Waals surface area contributed by atoms with Crippen LogP contribution in [0.3, 0.4) is 0 Å². The van der Waals surface area contributed by atoms with Gasteiger partial charge in [0.05, 0.1) is 6.54 Å². The number of thiazole rings is 1. The lowest BCUT2D eigenvalue weighted by atomic mass is 10.1. The molecule has 2 N–H and O–H groups in total. The first-order valence-electron chi connectivity index (χ1n) is 8.81. The summed E-state index contributed by atoms with van der Waals surface area (Å²) >= 11 is 7.14. The Bertz CT molecular complexity index is 1200. The summed E-state index contributed by atoms with van der Waals surface area (Å²) in [5.41, 5.74) is 1.47. The van der Waals surface area contributed by atoms with Gasteiger partial charge in [0.25, 0.3) is 5.91 Å². The molecule has 0 saturated heterocycles. The summed E-state index contributed by atoms with van der Waals surface area (Å²) in [6, 6.07) is 12.1. The molecule has 0 atom stereocenters. The van der Waals surface area contributed by atoms with Crippen LogP contribution in [0.15, 0.2) is 56.8 Å². The normalized spacial score (nSPS) is 10.7. The van der Waals surface area contributed by atoms with Gasteiger partial charge >= 0.3 is 0 Å². The lowest BCUT2D eigenvalue weighted by Crippen LogP contribution is -2.18. The quantitative estimate of drug-likeness (QED) is 0.451. The van der Waals surface area contributed by atoms with Crippen molar-refractivity contribution in [1.82, 2.24) is 15.5 Å². The fourth-order valence-electron chi connectivity index (χ4n) is 2.56. The minimum absolute atomic E-state index is 0.132. The minimum atomic E-state index is -0.439. The lowest BCUT2D eigenvalue weighted by Gasteiger charge is -1.98. The van der Waals surface area contributed by atoms with Crippen molar-refractivity contribution in [3.05, 3.63) is 64.3 Å². The molecule has 1 aromatic carbocycles. The largest absolute Gasteiger partial charge is 0.458 e. The van der Waals surface area contributed by atoms with Crippen LogP contribution >= 0.6 is 22.9 Å². The van der Waals surface area contributed by atoms with Gasteiger partial charge in [-0.1, -0.05) is 16.8 Å². The summed E-state index contributed by atoms with van der Waals surface area (Å²) in [4.78, 5) is 27.8. The summed E-state index contributed by atoms with van der Waals surface area (Å²) in [5.74, 6) is 1.03. The van der Waals surface area contributed by atoms with Crippen molar-refractivity contribution in [3.8, 4) is 22.8 Å². The average molecular weight is 443 g/mol. The van der Waals surface area contributed by atoms with Crippen LogP contribution in [-0.4, -0.2) is 22.0 Å². The number of amides is 2. The topological polar surface area (TPSA) is 110 Å². The molecule has 152 valence electrons. The molecule has 0 spiro atoms. The molecule has 0 radical (unpaired) electrons. The number of carbonyl (C=O) groups excluding carboxylic acids is 2. The van der Waals surface area contributed by atoms with E-state index in [0.29, 0.717) is 39.7 Å². The molecule has 2 amide bonds. The number of rotatable bonds is 6. The van der Waals surface area contributed by atoms with Gasteiger partial charge in [-0.05, 0) is 36.4 Å². The van der Waals surface area contributed by atoms with Crippen LogP contribution in [0.4, 0.5) is 5.13 Å². The van der Waals surface area contributed by atoms with E-state index in [1.165, 1.54) is 18.3 Å². The monoisotopic (exact) mass is 442 g/mol. The van der Waals surface area contributed by atoms with Crippen LogP contribution in [0.5, 0.6) is 0 Å². The van der Waals surface area contributed by atoms with Crippen molar-refractivity contribution in [3.63, 3.8) is 0 Å². The van der Waals surface area contributed by atoms with E-state index in [-0.39, 0.29) is 11.6 Å². The number of nitrogens with one attached hydrogen (secondary N) is 2. The maximum Gasteiger partial charge on any atom is 0.279 e. The fraction of sp³-hybridized carbons (Fsp3) is 0.100. The number of aromatic nitrogens is 2. The van der Waals surface area contributed by atoms with E-state index >= 15 is 0 Å². The molecule has 0 aliphatic carbocycles. The number of furan rings is 1. The van der Waals surface area contributed by atoms with E-state index in [1.54, 1.807) is 47.8 Å². The van der Waals surface area contributed by atoms with Gasteiger partial charge in [-0.2, -0.15) is 0 Å². The molecule has 8 nitrogen and oxygen atoms in total. The first-order chi connectivity index (χ1) is 14.5. The van der Waals surface area contributed by atoms with Gasteiger partial charge in [0, 0.05) is 29.0 Å². The Labute approximate surface area is 179 Å². The molecule has 0 aliphatic heterocycles. The highest BCUT2D eigenvalue weighted by Crippen LogP contribution is 2.27. The van der Waals surface area contributed by atoms with Gasteiger partial charge in [-0.3, -0.25) is 14.9 Å². The third-order valence-electron chi connectivity index (χ3n) is 4.02. The van der Waals surface area contributed by atoms with Gasteiger partial charge in [0.15, 0.2) is 22.3 Å². The van der Waals surface area contributed by atoms with Crippen molar-refractivity contribution in [2.45, 2.75) is 13.5 Å². The molecule has 0 fully saturated rings. The molecule has 4 rings (SSSR count). The summed E-state index contributed by atoms with van der Waals surface area (Å²) < 4.78 is 10.9. The molecule has 0 aliphatic rings. The Morgan fingerprint density at radius 2 is 1.93 bits per heavy atom. The first-order valence-corrected chi connectivity index (χ1v) is 10.1. The molecule has 3 heterocycles. The average Bonchev–Trinajstić information content (AvgIpc) is 3.47. The zero-order valence-corrected chi connectivity index (χ0v) is 17.2. The van der Waals surface area contributed by atoms with E-state index in [9.17, 15) is 9.59 Å². The van der Waals surface area contributed by atoms with Gasteiger partial charge in [-0.15, -0.1) is 11.3 Å². The summed E-state index contributed by atoms with van der Waals surface area (Å²) in [5, 5.41) is 11.9. The van der Waals surface area contributed by atoms with Crippen molar-refractivity contribution in [1.29, 1.82) is 0 Å². The Morgan fingerprint density at radius 3 is 2.70 bits per heavy atom. The SMILES string of the molecule is CC(=O)NCc1ccc(-c2csc(NC(=O)c3cc(-c4ccc(Cl)cc4)on3)n2)o1. The molecule has 30 heavy (non-hydrogen) atoms. The van der Waals surface area contributed by atoms with Gasteiger partial charge in [0.2, 0.25) is 5.91 Å². The number of benzene rings is 1. The van der Waals surface area contributed by atoms with Crippen LogP contribution < -0.4 is 10.6 Å². The van der Waals surface area contributed by atoms with Crippen LogP contribution in [0.2, 0.25) is 5.02 Å². The third-order valence-corrected chi connectivity index (χ3v) is 5.03. The predicted octanol–water partition coefficient (Wildman–Crippen LogP) is 4.60. The molecule has 4 aromatic rings. The number of halogens is 1. The Balaban J connectivity index is 1.42. The number of hydrogen-bond acceptors (Lipinski definition) is 7. The molecular weight excluding hydrogens is 428 g/mol. The Kier molecular flexibility index (Phi) is 5.64. The maximum absolute atomic E-state index is 12.5. The number of carbonyl (C=O) groups is 2. The van der Waals surface area contributed by atoms with Gasteiger partial charge in [-0.25, -0.2) is 4.98 Å². The number of hydrogen-bond donors (Lipinski definition) is 2. The van der Waals surface area contributed by atoms with Gasteiger partial charge in [0.1, 0.15) is 11.5 Å². The molecular formula is C20H15ClN4O4S. The zero-order valence-electron chi connectivity index (χ0n) is 15.6. The highest BCUT2D eigenvalue weighted by atomic mass is 35.5. The van der Waals surface area contributed by atoms with Crippen molar-refractivity contribution < 1.29 is 18.5 Å². The lowest BCUT2D eigenvalue weighted by molar-refractivity contribution is -0.119. The van der Waals surface area contributed by atoms with E-state index < -0.39 is 5.91 Å². The van der Waals surface area contributed by atoms with E-state index in [4.69, 9.17) is 20.5 Å². The minimum Gasteiger partial charge on any atom is -0.458 e. The zero-order chi connectivity index (χ0) is 21.1. The van der Waals surface area contributed by atoms with Crippen LogP contribution in [-0.2, 0) is 11.3 Å². The van der Waals surface area contributed by atoms with E-state index in [1.807, 2.05) is 0 Å². The van der Waals surface area contributed by atoms with Crippen molar-refractivity contribution >= 4 is 39.9 Å². The summed E-state index contributed by atoms with van der Waals surface area (Å²) in [7, 11) is 0. The molecule has 10 heteroatoms. The fourth-order valence-corrected chi connectivity index (χ4v) is 3.38. The number of nitrogens with zero attached hydrogens (tertiary/aromatic N) is 2. The smallest absolute Gasteiger partial charge is 0.279 e. The summed E-state index contributed by atoms with van der Waals surface area (Å²) in [6.45, 7) is 1.73. The second-order valence-corrected chi connectivity index (χ2v) is 7.55. The Hall–Kier alpha value is -3.43. The van der Waals surface area contributed by atoms with Crippen molar-refractivity contribution in [2.24, 2.45) is 0 Å². The molecule has 0 unspecified atom stereocenters. The predicted molar refractivity (Wildman–Crippen MR) is 112 cm³/mol. The standard InChI is InChI=1S/C20H15ClN4O4S/c1-11(26)22-9-14-6-7-17(28-14)16-10-30-20(23-16)24-19(27)15-8-18(29-25-15)12-2-4-13(21)5-3-12/h2-8,10H,9H2,1H3,(H,22,26)(H,23,24,27). The Morgan fingerprint density at radius 1 is 1.13 bits per heavy atom. The molecule has 3 aromatic heterocycles. The second kappa shape index (κ2) is 8.52.